The van der Waals surface area contributed by atoms with Crippen molar-refractivity contribution in [2.45, 2.75) is 19.4 Å². The van der Waals surface area contributed by atoms with Crippen molar-refractivity contribution >= 4 is 11.8 Å². The molecule has 1 aliphatic heterocycles. The molecule has 2 N–H and O–H groups in total. The van der Waals surface area contributed by atoms with Gasteiger partial charge in [-0.15, -0.1) is 5.10 Å². The number of amides is 2. The number of likely N-dealkylation sites (tertiary alicyclic amines) is 1. The third kappa shape index (κ3) is 3.71. The molecule has 1 aliphatic rings. The Labute approximate surface area is 133 Å². The number of hydrogen-bond donors (Lipinski definition) is 1. The van der Waals surface area contributed by atoms with Gasteiger partial charge in [-0.25, -0.2) is 4.68 Å². The molecule has 0 spiro atoms. The Morgan fingerprint density at radius 3 is 2.96 bits per heavy atom. The molecule has 0 radical (unpaired) electrons. The summed E-state index contributed by atoms with van der Waals surface area (Å²) < 4.78 is 1.42. The highest BCUT2D eigenvalue weighted by Gasteiger charge is 2.26. The van der Waals surface area contributed by atoms with E-state index in [0.717, 1.165) is 24.9 Å². The normalized spacial score (nSPS) is 17.4. The van der Waals surface area contributed by atoms with Crippen LogP contribution in [0.15, 0.2) is 30.6 Å². The molecule has 1 saturated heterocycles. The van der Waals surface area contributed by atoms with Gasteiger partial charge in [-0.2, -0.15) is 0 Å². The highest BCUT2D eigenvalue weighted by molar-refractivity contribution is 5.92. The van der Waals surface area contributed by atoms with Gasteiger partial charge in [0.2, 0.25) is 11.8 Å². The summed E-state index contributed by atoms with van der Waals surface area (Å²) >= 11 is 0. The summed E-state index contributed by atoms with van der Waals surface area (Å²) in [6.45, 7) is 1.61. The smallest absolute Gasteiger partial charge is 0.248 e. The monoisotopic (exact) mass is 314 g/mol. The number of hydrogen-bond acceptors (Lipinski definition) is 5. The molecule has 1 atom stereocenters. The maximum absolute atomic E-state index is 12.2. The predicted octanol–water partition coefficient (Wildman–Crippen LogP) is -0.137. The average Bonchev–Trinajstić information content (AvgIpc) is 3.19. The summed E-state index contributed by atoms with van der Waals surface area (Å²) in [7, 11) is 0. The van der Waals surface area contributed by atoms with E-state index >= 15 is 0 Å². The Hall–Kier alpha value is -2.77. The minimum absolute atomic E-state index is 0.0192. The number of benzene rings is 1. The second-order valence-corrected chi connectivity index (χ2v) is 5.77. The summed E-state index contributed by atoms with van der Waals surface area (Å²) in [5, 5.41) is 10.7. The number of aromatic nitrogens is 4. The van der Waals surface area contributed by atoms with Gasteiger partial charge in [-0.3, -0.25) is 9.59 Å². The Kier molecular flexibility index (Phi) is 4.31. The van der Waals surface area contributed by atoms with E-state index in [9.17, 15) is 9.59 Å². The molecule has 0 bridgehead atoms. The first-order valence-electron chi connectivity index (χ1n) is 7.49. The zero-order valence-corrected chi connectivity index (χ0v) is 12.6. The van der Waals surface area contributed by atoms with Crippen LogP contribution >= 0.6 is 0 Å². The maximum atomic E-state index is 12.2. The van der Waals surface area contributed by atoms with Crippen molar-refractivity contribution in [2.24, 2.45) is 11.7 Å². The van der Waals surface area contributed by atoms with Crippen LogP contribution in [0, 0.1) is 5.92 Å². The fourth-order valence-corrected chi connectivity index (χ4v) is 2.90. The van der Waals surface area contributed by atoms with E-state index in [2.05, 4.69) is 15.5 Å². The van der Waals surface area contributed by atoms with Crippen LogP contribution in [-0.2, 0) is 17.8 Å². The Bertz CT molecular complexity index is 700. The highest BCUT2D eigenvalue weighted by atomic mass is 16.2. The first-order chi connectivity index (χ1) is 11.1. The second-order valence-electron chi connectivity index (χ2n) is 5.77. The van der Waals surface area contributed by atoms with E-state index in [4.69, 9.17) is 5.73 Å². The fourth-order valence-electron chi connectivity index (χ4n) is 2.90. The van der Waals surface area contributed by atoms with Crippen molar-refractivity contribution in [3.8, 4) is 0 Å². The zero-order chi connectivity index (χ0) is 16.2. The van der Waals surface area contributed by atoms with Crippen LogP contribution in [0.1, 0.15) is 22.3 Å². The molecule has 1 aromatic carbocycles. The number of primary amides is 1. The van der Waals surface area contributed by atoms with Gasteiger partial charge >= 0.3 is 0 Å². The molecule has 120 valence electrons. The second kappa shape index (κ2) is 6.55. The molecular formula is C15H18N6O2. The fraction of sp³-hybridized carbons (Fsp3) is 0.400. The Balaban J connectivity index is 1.56. The van der Waals surface area contributed by atoms with E-state index in [1.807, 2.05) is 23.1 Å². The van der Waals surface area contributed by atoms with Gasteiger partial charge in [-0.05, 0) is 46.9 Å². The lowest BCUT2D eigenvalue weighted by Crippen LogP contribution is -2.32. The first kappa shape index (κ1) is 15.1. The van der Waals surface area contributed by atoms with Crippen LogP contribution in [0.25, 0.3) is 0 Å². The standard InChI is InChI=1S/C15H18N6O2/c16-15(23)13-3-1-2-11(7-13)6-12-4-5-20(8-12)14(22)9-21-10-17-18-19-21/h1-3,7,10,12H,4-6,8-9H2,(H2,16,23)/t12-/m1/s1. The van der Waals surface area contributed by atoms with Gasteiger partial charge < -0.3 is 10.6 Å². The lowest BCUT2D eigenvalue weighted by Gasteiger charge is -2.16. The molecular weight excluding hydrogens is 296 g/mol. The zero-order valence-electron chi connectivity index (χ0n) is 12.6. The van der Waals surface area contributed by atoms with Crippen LogP contribution in [0.3, 0.4) is 0 Å². The van der Waals surface area contributed by atoms with E-state index in [1.165, 1.54) is 11.0 Å². The van der Waals surface area contributed by atoms with Gasteiger partial charge in [0.05, 0.1) is 0 Å². The summed E-state index contributed by atoms with van der Waals surface area (Å²) in [6, 6.07) is 7.36. The van der Waals surface area contributed by atoms with E-state index in [1.54, 1.807) is 6.07 Å². The molecule has 23 heavy (non-hydrogen) atoms. The molecule has 8 nitrogen and oxygen atoms in total. The Morgan fingerprint density at radius 2 is 2.22 bits per heavy atom. The van der Waals surface area contributed by atoms with E-state index in [-0.39, 0.29) is 12.5 Å². The molecule has 8 heteroatoms. The van der Waals surface area contributed by atoms with Gasteiger partial charge in [-0.1, -0.05) is 12.1 Å². The van der Waals surface area contributed by atoms with Crippen molar-refractivity contribution < 1.29 is 9.59 Å². The SMILES string of the molecule is NC(=O)c1cccc(C[C@H]2CCN(C(=O)Cn3cnnn3)C2)c1. The topological polar surface area (TPSA) is 107 Å². The lowest BCUT2D eigenvalue weighted by atomic mass is 9.97. The van der Waals surface area contributed by atoms with Crippen LogP contribution in [-0.4, -0.2) is 50.0 Å². The molecule has 2 heterocycles. The van der Waals surface area contributed by atoms with Crippen LogP contribution in [0.4, 0.5) is 0 Å². The number of carbonyl (C=O) groups is 2. The molecule has 0 saturated carbocycles. The molecule has 0 aliphatic carbocycles. The van der Waals surface area contributed by atoms with Gasteiger partial charge in [0.25, 0.3) is 0 Å². The van der Waals surface area contributed by atoms with E-state index < -0.39 is 5.91 Å². The first-order valence-corrected chi connectivity index (χ1v) is 7.49. The third-order valence-corrected chi connectivity index (χ3v) is 4.06. The van der Waals surface area contributed by atoms with Crippen molar-refractivity contribution in [3.63, 3.8) is 0 Å². The number of rotatable bonds is 5. The van der Waals surface area contributed by atoms with E-state index in [0.29, 0.717) is 18.0 Å². The van der Waals surface area contributed by atoms with Crippen molar-refractivity contribution in [1.29, 1.82) is 0 Å². The van der Waals surface area contributed by atoms with Crippen LogP contribution in [0.5, 0.6) is 0 Å². The molecule has 1 fully saturated rings. The average molecular weight is 314 g/mol. The van der Waals surface area contributed by atoms with Crippen molar-refractivity contribution in [2.75, 3.05) is 13.1 Å². The van der Waals surface area contributed by atoms with Crippen LogP contribution in [0.2, 0.25) is 0 Å². The van der Waals surface area contributed by atoms with Gasteiger partial charge in [0.1, 0.15) is 12.9 Å². The summed E-state index contributed by atoms with van der Waals surface area (Å²) in [5.74, 6) is -0.0156. The molecule has 2 amide bonds. The van der Waals surface area contributed by atoms with Crippen LogP contribution < -0.4 is 5.73 Å². The number of carbonyl (C=O) groups excluding carboxylic acids is 2. The lowest BCUT2D eigenvalue weighted by molar-refractivity contribution is -0.131. The molecule has 3 rings (SSSR count). The highest BCUT2D eigenvalue weighted by Crippen LogP contribution is 2.21. The largest absolute Gasteiger partial charge is 0.366 e. The number of nitrogens with two attached hydrogens (primary N) is 1. The molecule has 2 aromatic rings. The van der Waals surface area contributed by atoms with Crippen molar-refractivity contribution in [3.05, 3.63) is 41.7 Å². The number of nitrogens with zero attached hydrogens (tertiary/aromatic N) is 5. The minimum Gasteiger partial charge on any atom is -0.366 e. The summed E-state index contributed by atoms with van der Waals surface area (Å²) in [4.78, 5) is 25.3. The predicted molar refractivity (Wildman–Crippen MR) is 81.2 cm³/mol. The number of tetrazole rings is 1. The quantitative estimate of drug-likeness (QED) is 0.827. The summed E-state index contributed by atoms with van der Waals surface area (Å²) in [6.07, 6.45) is 3.21. The Morgan fingerprint density at radius 1 is 1.35 bits per heavy atom. The molecule has 1 aromatic heterocycles. The summed E-state index contributed by atoms with van der Waals surface area (Å²) in [5.41, 5.74) is 6.90. The van der Waals surface area contributed by atoms with Gasteiger partial charge in [0, 0.05) is 18.7 Å². The molecule has 0 unspecified atom stereocenters. The maximum Gasteiger partial charge on any atom is 0.248 e. The third-order valence-electron chi connectivity index (χ3n) is 4.06. The van der Waals surface area contributed by atoms with Crippen molar-refractivity contribution in [1.82, 2.24) is 25.1 Å². The minimum atomic E-state index is -0.420. The van der Waals surface area contributed by atoms with Gasteiger partial charge in [0.15, 0.2) is 0 Å².